The second kappa shape index (κ2) is 7.81. The van der Waals surface area contributed by atoms with Gasteiger partial charge in [0.25, 0.3) is 0 Å². The van der Waals surface area contributed by atoms with Gasteiger partial charge in [0, 0.05) is 40.5 Å². The predicted molar refractivity (Wildman–Crippen MR) is 137 cm³/mol. The number of pyridine rings is 1. The molecule has 7 aromatic rings. The standard InChI is InChI=1S/C29H17N5O/c1-3-11-23-21(9-1)26(29-31-14-6-15-32-29)34-28(33-23)19-8-5-7-18(17-19)20-13-16-30-25-22-10-2-4-12-24(22)35-27(20)25/h1-17H. The molecule has 6 heteroatoms. The van der Waals surface area contributed by atoms with E-state index >= 15 is 0 Å². The molecule has 0 fully saturated rings. The highest BCUT2D eigenvalue weighted by Crippen LogP contribution is 2.35. The van der Waals surface area contributed by atoms with Crippen LogP contribution in [0.4, 0.5) is 0 Å². The summed E-state index contributed by atoms with van der Waals surface area (Å²) in [6, 6.07) is 27.8. The number of furan rings is 1. The van der Waals surface area contributed by atoms with Crippen LogP contribution in [0.3, 0.4) is 0 Å². The number of rotatable bonds is 3. The molecule has 0 spiro atoms. The maximum atomic E-state index is 6.21. The third kappa shape index (κ3) is 3.23. The predicted octanol–water partition coefficient (Wildman–Crippen LogP) is 6.72. The van der Waals surface area contributed by atoms with Crippen LogP contribution in [0.5, 0.6) is 0 Å². The average Bonchev–Trinajstić information content (AvgIpc) is 3.32. The fourth-order valence-corrected chi connectivity index (χ4v) is 4.46. The van der Waals surface area contributed by atoms with Crippen LogP contribution in [-0.2, 0) is 0 Å². The summed E-state index contributed by atoms with van der Waals surface area (Å²) in [4.78, 5) is 23.2. The van der Waals surface area contributed by atoms with E-state index in [1.54, 1.807) is 18.5 Å². The van der Waals surface area contributed by atoms with E-state index in [0.29, 0.717) is 17.3 Å². The number of para-hydroxylation sites is 2. The highest BCUT2D eigenvalue weighted by atomic mass is 16.3. The first-order chi connectivity index (χ1) is 17.3. The molecule has 3 aromatic carbocycles. The molecule has 0 N–H and O–H groups in total. The summed E-state index contributed by atoms with van der Waals surface area (Å²) >= 11 is 0. The molecule has 7 rings (SSSR count). The summed E-state index contributed by atoms with van der Waals surface area (Å²) in [7, 11) is 0. The number of nitrogens with zero attached hydrogens (tertiary/aromatic N) is 5. The molecule has 0 unspecified atom stereocenters. The highest BCUT2D eigenvalue weighted by molar-refractivity contribution is 6.07. The van der Waals surface area contributed by atoms with Crippen molar-refractivity contribution >= 4 is 33.0 Å². The first-order valence-corrected chi connectivity index (χ1v) is 11.3. The molecule has 0 aliphatic carbocycles. The van der Waals surface area contributed by atoms with Gasteiger partial charge in [-0.15, -0.1) is 0 Å². The van der Waals surface area contributed by atoms with Gasteiger partial charge in [-0.2, -0.15) is 0 Å². The first-order valence-electron chi connectivity index (χ1n) is 11.3. The summed E-state index contributed by atoms with van der Waals surface area (Å²) in [5.41, 5.74) is 6.87. The minimum Gasteiger partial charge on any atom is -0.454 e. The molecule has 0 radical (unpaired) electrons. The Hall–Kier alpha value is -4.97. The largest absolute Gasteiger partial charge is 0.454 e. The van der Waals surface area contributed by atoms with Crippen molar-refractivity contribution in [1.82, 2.24) is 24.9 Å². The lowest BCUT2D eigenvalue weighted by atomic mass is 10.0. The van der Waals surface area contributed by atoms with Crippen molar-refractivity contribution in [1.29, 1.82) is 0 Å². The van der Waals surface area contributed by atoms with Crippen LogP contribution in [0.1, 0.15) is 0 Å². The van der Waals surface area contributed by atoms with Crippen LogP contribution < -0.4 is 0 Å². The Kier molecular flexibility index (Phi) is 4.35. The van der Waals surface area contributed by atoms with Crippen LogP contribution in [-0.4, -0.2) is 24.9 Å². The van der Waals surface area contributed by atoms with E-state index in [2.05, 4.69) is 27.1 Å². The Morgan fingerprint density at radius 2 is 1.37 bits per heavy atom. The van der Waals surface area contributed by atoms with Gasteiger partial charge in [-0.3, -0.25) is 4.98 Å². The second-order valence-electron chi connectivity index (χ2n) is 8.20. The first kappa shape index (κ1) is 19.5. The Morgan fingerprint density at radius 1 is 0.571 bits per heavy atom. The number of fused-ring (bicyclic) bond motifs is 4. The van der Waals surface area contributed by atoms with E-state index in [-0.39, 0.29) is 0 Å². The molecule has 0 bridgehead atoms. The van der Waals surface area contributed by atoms with Crippen LogP contribution in [0, 0.1) is 0 Å². The molecule has 4 heterocycles. The minimum absolute atomic E-state index is 0.571. The molecule has 164 valence electrons. The topological polar surface area (TPSA) is 77.6 Å². The van der Waals surface area contributed by atoms with Gasteiger partial charge >= 0.3 is 0 Å². The van der Waals surface area contributed by atoms with Crippen molar-refractivity contribution in [3.8, 4) is 34.0 Å². The Balaban J connectivity index is 1.42. The lowest BCUT2D eigenvalue weighted by molar-refractivity contribution is 0.669. The fourth-order valence-electron chi connectivity index (χ4n) is 4.46. The van der Waals surface area contributed by atoms with Crippen LogP contribution in [0.2, 0.25) is 0 Å². The van der Waals surface area contributed by atoms with E-state index in [9.17, 15) is 0 Å². The van der Waals surface area contributed by atoms with E-state index in [0.717, 1.165) is 49.7 Å². The zero-order chi connectivity index (χ0) is 23.2. The van der Waals surface area contributed by atoms with Crippen molar-refractivity contribution in [2.24, 2.45) is 0 Å². The van der Waals surface area contributed by atoms with Crippen molar-refractivity contribution in [2.75, 3.05) is 0 Å². The third-order valence-corrected chi connectivity index (χ3v) is 6.07. The maximum Gasteiger partial charge on any atom is 0.178 e. The normalized spacial score (nSPS) is 11.4. The van der Waals surface area contributed by atoms with Gasteiger partial charge in [0.2, 0.25) is 0 Å². The van der Waals surface area contributed by atoms with Crippen molar-refractivity contribution in [3.05, 3.63) is 104 Å². The molecule has 6 nitrogen and oxygen atoms in total. The summed E-state index contributed by atoms with van der Waals surface area (Å²) < 4.78 is 6.21. The summed E-state index contributed by atoms with van der Waals surface area (Å²) in [5.74, 6) is 1.18. The van der Waals surface area contributed by atoms with Crippen LogP contribution in [0.15, 0.2) is 108 Å². The van der Waals surface area contributed by atoms with Gasteiger partial charge in [0.1, 0.15) is 16.8 Å². The minimum atomic E-state index is 0.571. The summed E-state index contributed by atoms with van der Waals surface area (Å²) in [5, 5.41) is 1.92. The molecular weight excluding hydrogens is 434 g/mol. The lowest BCUT2D eigenvalue weighted by Gasteiger charge is -2.09. The summed E-state index contributed by atoms with van der Waals surface area (Å²) in [6.07, 6.45) is 5.27. The number of hydrogen-bond donors (Lipinski definition) is 0. The second-order valence-corrected chi connectivity index (χ2v) is 8.20. The van der Waals surface area contributed by atoms with E-state index in [4.69, 9.17) is 14.4 Å². The molecular formula is C29H17N5O. The van der Waals surface area contributed by atoms with E-state index in [1.165, 1.54) is 0 Å². The SMILES string of the molecule is c1cnc(-c2nc(-c3cccc(-c4ccnc5c4oc4ccccc45)c3)nc3ccccc23)nc1. The molecule has 0 saturated heterocycles. The average molecular weight is 451 g/mol. The molecule has 4 aromatic heterocycles. The number of benzene rings is 3. The zero-order valence-corrected chi connectivity index (χ0v) is 18.5. The van der Waals surface area contributed by atoms with Gasteiger partial charge in [0.15, 0.2) is 17.2 Å². The van der Waals surface area contributed by atoms with Gasteiger partial charge in [-0.05, 0) is 42.0 Å². The van der Waals surface area contributed by atoms with Crippen LogP contribution >= 0.6 is 0 Å². The van der Waals surface area contributed by atoms with Gasteiger partial charge in [-0.25, -0.2) is 19.9 Å². The van der Waals surface area contributed by atoms with Crippen LogP contribution in [0.25, 0.3) is 67.0 Å². The van der Waals surface area contributed by atoms with E-state index in [1.807, 2.05) is 72.9 Å². The smallest absolute Gasteiger partial charge is 0.178 e. The zero-order valence-electron chi connectivity index (χ0n) is 18.5. The molecule has 0 aliphatic heterocycles. The Labute approximate surface area is 200 Å². The summed E-state index contributed by atoms with van der Waals surface area (Å²) in [6.45, 7) is 0. The lowest BCUT2D eigenvalue weighted by Crippen LogP contribution is -1.98. The Bertz CT molecular complexity index is 1860. The maximum absolute atomic E-state index is 6.21. The number of hydrogen-bond acceptors (Lipinski definition) is 6. The molecule has 35 heavy (non-hydrogen) atoms. The van der Waals surface area contributed by atoms with Gasteiger partial charge < -0.3 is 4.42 Å². The van der Waals surface area contributed by atoms with Gasteiger partial charge in [0.05, 0.1) is 5.52 Å². The third-order valence-electron chi connectivity index (χ3n) is 6.07. The van der Waals surface area contributed by atoms with Crippen molar-refractivity contribution in [3.63, 3.8) is 0 Å². The molecule has 0 aliphatic rings. The molecule has 0 saturated carbocycles. The monoisotopic (exact) mass is 451 g/mol. The quantitative estimate of drug-likeness (QED) is 0.297. The van der Waals surface area contributed by atoms with Gasteiger partial charge in [-0.1, -0.05) is 48.5 Å². The Morgan fingerprint density at radius 3 is 2.29 bits per heavy atom. The molecule has 0 amide bonds. The van der Waals surface area contributed by atoms with Crippen molar-refractivity contribution < 1.29 is 4.42 Å². The molecule has 0 atom stereocenters. The fraction of sp³-hybridized carbons (Fsp3) is 0. The van der Waals surface area contributed by atoms with Crippen molar-refractivity contribution in [2.45, 2.75) is 0 Å². The highest BCUT2D eigenvalue weighted by Gasteiger charge is 2.16. The number of aromatic nitrogens is 5. The van der Waals surface area contributed by atoms with E-state index < -0.39 is 0 Å².